The van der Waals surface area contributed by atoms with Crippen LogP contribution in [0.2, 0.25) is 0 Å². The predicted molar refractivity (Wildman–Crippen MR) is 64.3 cm³/mol. The van der Waals surface area contributed by atoms with E-state index in [9.17, 15) is 0 Å². The molecule has 0 bridgehead atoms. The van der Waals surface area contributed by atoms with Crippen molar-refractivity contribution in [2.45, 2.75) is 25.3 Å². The number of nitrogens with zero attached hydrogens (tertiary/aromatic N) is 2. The summed E-state index contributed by atoms with van der Waals surface area (Å²) >= 11 is 1.80. The molecular weight excluding hydrogens is 206 g/mol. The lowest BCUT2D eigenvalue weighted by Crippen LogP contribution is -2.15. The van der Waals surface area contributed by atoms with Gasteiger partial charge in [0.2, 0.25) is 0 Å². The van der Waals surface area contributed by atoms with Gasteiger partial charge in [0.05, 0.1) is 16.7 Å². The Kier molecular flexibility index (Phi) is 3.72. The first kappa shape index (κ1) is 11.0. The van der Waals surface area contributed by atoms with Crippen molar-refractivity contribution in [1.29, 1.82) is 0 Å². The van der Waals surface area contributed by atoms with Crippen LogP contribution in [0, 0.1) is 0 Å². The highest BCUT2D eigenvalue weighted by molar-refractivity contribution is 7.09. The number of aromatic nitrogens is 1. The van der Waals surface area contributed by atoms with Gasteiger partial charge in [-0.15, -0.1) is 11.3 Å². The summed E-state index contributed by atoms with van der Waals surface area (Å²) in [6.07, 6.45) is 3.61. The molecule has 1 aromatic rings. The Morgan fingerprint density at radius 1 is 1.60 bits per heavy atom. The smallest absolute Gasteiger partial charge is 0.0941 e. The zero-order valence-corrected chi connectivity index (χ0v) is 10.3. The third kappa shape index (κ3) is 3.00. The van der Waals surface area contributed by atoms with Gasteiger partial charge in [0.25, 0.3) is 0 Å². The normalized spacial score (nSPS) is 21.4. The number of thiazole rings is 1. The fourth-order valence-corrected chi connectivity index (χ4v) is 2.70. The molecule has 1 atom stereocenters. The molecule has 1 aliphatic heterocycles. The van der Waals surface area contributed by atoms with Crippen molar-refractivity contribution in [1.82, 2.24) is 15.2 Å². The van der Waals surface area contributed by atoms with Crippen LogP contribution in [0.4, 0.5) is 0 Å². The number of rotatable bonds is 4. The maximum absolute atomic E-state index is 4.69. The average Bonchev–Trinajstić information content (AvgIpc) is 2.85. The van der Waals surface area contributed by atoms with E-state index < -0.39 is 0 Å². The second-order valence-electron chi connectivity index (χ2n) is 4.37. The summed E-state index contributed by atoms with van der Waals surface area (Å²) < 4.78 is 0. The van der Waals surface area contributed by atoms with Crippen LogP contribution < -0.4 is 5.32 Å². The first-order chi connectivity index (χ1) is 7.25. The van der Waals surface area contributed by atoms with Crippen LogP contribution in [0.25, 0.3) is 0 Å². The highest BCUT2D eigenvalue weighted by Gasteiger charge is 2.18. The molecular formula is C11H19N3S. The first-order valence-electron chi connectivity index (χ1n) is 5.58. The van der Waals surface area contributed by atoms with Crippen LogP contribution >= 0.6 is 11.3 Å². The highest BCUT2D eigenvalue weighted by atomic mass is 32.1. The van der Waals surface area contributed by atoms with E-state index in [1.807, 2.05) is 0 Å². The minimum Gasteiger partial charge on any atom is -0.309 e. The predicted octanol–water partition coefficient (Wildman–Crippen LogP) is 1.67. The van der Waals surface area contributed by atoms with Gasteiger partial charge in [-0.1, -0.05) is 0 Å². The van der Waals surface area contributed by atoms with E-state index in [4.69, 9.17) is 4.98 Å². The number of hydrogen-bond acceptors (Lipinski definition) is 4. The Bertz CT molecular complexity index is 303. The third-order valence-electron chi connectivity index (χ3n) is 2.76. The van der Waals surface area contributed by atoms with E-state index in [2.05, 4.69) is 29.7 Å². The van der Waals surface area contributed by atoms with Crippen molar-refractivity contribution in [3.05, 3.63) is 16.1 Å². The molecule has 2 heterocycles. The minimum absolute atomic E-state index is 0.523. The van der Waals surface area contributed by atoms with Crippen LogP contribution in [0.1, 0.15) is 29.6 Å². The SMILES string of the molecule is CN(C)CCc1nc([C@@H]2CCCN2)cs1. The number of likely N-dealkylation sites (N-methyl/N-ethyl adjacent to an activating group) is 1. The van der Waals surface area contributed by atoms with Crippen molar-refractivity contribution < 1.29 is 0 Å². The summed E-state index contributed by atoms with van der Waals surface area (Å²) in [5, 5.41) is 6.97. The Labute approximate surface area is 95.5 Å². The molecule has 3 nitrogen and oxygen atoms in total. The van der Waals surface area contributed by atoms with E-state index in [1.165, 1.54) is 23.5 Å². The van der Waals surface area contributed by atoms with Gasteiger partial charge in [0.1, 0.15) is 0 Å². The van der Waals surface area contributed by atoms with Gasteiger partial charge >= 0.3 is 0 Å². The summed E-state index contributed by atoms with van der Waals surface area (Å²) in [5.41, 5.74) is 1.26. The van der Waals surface area contributed by atoms with Gasteiger partial charge in [-0.3, -0.25) is 0 Å². The largest absolute Gasteiger partial charge is 0.309 e. The topological polar surface area (TPSA) is 28.2 Å². The van der Waals surface area contributed by atoms with Crippen LogP contribution in [0.5, 0.6) is 0 Å². The maximum atomic E-state index is 4.69. The molecule has 1 N–H and O–H groups in total. The minimum atomic E-state index is 0.523. The van der Waals surface area contributed by atoms with Gasteiger partial charge in [0, 0.05) is 18.3 Å². The summed E-state index contributed by atoms with van der Waals surface area (Å²) in [7, 11) is 4.21. The molecule has 1 fully saturated rings. The molecule has 1 saturated heterocycles. The van der Waals surface area contributed by atoms with Crippen molar-refractivity contribution >= 4 is 11.3 Å². The zero-order chi connectivity index (χ0) is 10.7. The number of nitrogens with one attached hydrogen (secondary N) is 1. The Morgan fingerprint density at radius 2 is 2.47 bits per heavy atom. The summed E-state index contributed by atoms with van der Waals surface area (Å²) in [6, 6.07) is 0.523. The van der Waals surface area contributed by atoms with Crippen molar-refractivity contribution in [2.75, 3.05) is 27.2 Å². The fourth-order valence-electron chi connectivity index (χ4n) is 1.86. The molecule has 0 aliphatic carbocycles. The van der Waals surface area contributed by atoms with Crippen molar-refractivity contribution in [3.63, 3.8) is 0 Å². The molecule has 0 spiro atoms. The summed E-state index contributed by atoms with van der Waals surface area (Å²) in [5.74, 6) is 0. The Hall–Kier alpha value is -0.450. The summed E-state index contributed by atoms with van der Waals surface area (Å²) in [6.45, 7) is 2.24. The molecule has 0 aromatic carbocycles. The fraction of sp³-hybridized carbons (Fsp3) is 0.727. The quantitative estimate of drug-likeness (QED) is 0.845. The van der Waals surface area contributed by atoms with E-state index in [-0.39, 0.29) is 0 Å². The molecule has 0 radical (unpaired) electrons. The molecule has 0 saturated carbocycles. The van der Waals surface area contributed by atoms with E-state index in [1.54, 1.807) is 11.3 Å². The third-order valence-corrected chi connectivity index (χ3v) is 3.69. The van der Waals surface area contributed by atoms with Gasteiger partial charge < -0.3 is 10.2 Å². The summed E-state index contributed by atoms with van der Waals surface area (Å²) in [4.78, 5) is 6.90. The highest BCUT2D eigenvalue weighted by Crippen LogP contribution is 2.24. The Morgan fingerprint density at radius 3 is 3.13 bits per heavy atom. The first-order valence-corrected chi connectivity index (χ1v) is 6.46. The number of hydrogen-bond donors (Lipinski definition) is 1. The van der Waals surface area contributed by atoms with Crippen molar-refractivity contribution in [2.24, 2.45) is 0 Å². The van der Waals surface area contributed by atoms with Crippen LogP contribution in [0.15, 0.2) is 5.38 Å². The average molecular weight is 225 g/mol. The van der Waals surface area contributed by atoms with E-state index in [0.29, 0.717) is 6.04 Å². The van der Waals surface area contributed by atoms with Crippen LogP contribution in [-0.2, 0) is 6.42 Å². The molecule has 2 rings (SSSR count). The molecule has 0 amide bonds. The monoisotopic (exact) mass is 225 g/mol. The maximum Gasteiger partial charge on any atom is 0.0941 e. The van der Waals surface area contributed by atoms with Crippen LogP contribution in [0.3, 0.4) is 0 Å². The lowest BCUT2D eigenvalue weighted by Gasteiger charge is -2.07. The van der Waals surface area contributed by atoms with Gasteiger partial charge in [-0.05, 0) is 33.5 Å². The molecule has 1 aliphatic rings. The Balaban J connectivity index is 1.91. The standard InChI is InChI=1S/C11H19N3S/c1-14(2)7-5-11-13-10(8-15-11)9-4-3-6-12-9/h8-9,12H,3-7H2,1-2H3/t9-/m0/s1. The molecule has 1 aromatic heterocycles. The van der Waals surface area contributed by atoms with Crippen molar-refractivity contribution in [3.8, 4) is 0 Å². The molecule has 4 heteroatoms. The lowest BCUT2D eigenvalue weighted by molar-refractivity contribution is 0.413. The van der Waals surface area contributed by atoms with Gasteiger partial charge in [-0.25, -0.2) is 4.98 Å². The van der Waals surface area contributed by atoms with Crippen LogP contribution in [-0.4, -0.2) is 37.1 Å². The zero-order valence-electron chi connectivity index (χ0n) is 9.49. The second-order valence-corrected chi connectivity index (χ2v) is 5.31. The van der Waals surface area contributed by atoms with E-state index in [0.717, 1.165) is 19.5 Å². The lowest BCUT2D eigenvalue weighted by atomic mass is 10.2. The second kappa shape index (κ2) is 5.05. The van der Waals surface area contributed by atoms with Gasteiger partial charge in [0.15, 0.2) is 0 Å². The molecule has 15 heavy (non-hydrogen) atoms. The van der Waals surface area contributed by atoms with Gasteiger partial charge in [-0.2, -0.15) is 0 Å². The molecule has 84 valence electrons. The van der Waals surface area contributed by atoms with E-state index >= 15 is 0 Å². The molecule has 0 unspecified atom stereocenters.